The first-order valence-corrected chi connectivity index (χ1v) is 8.50. The minimum absolute atomic E-state index is 0.346. The van der Waals surface area contributed by atoms with Crippen LogP contribution in [0.25, 0.3) is 0 Å². The Morgan fingerprint density at radius 1 is 0.704 bits per heavy atom. The third-order valence-corrected chi connectivity index (χ3v) is 4.27. The Morgan fingerprint density at radius 2 is 1.26 bits per heavy atom. The summed E-state index contributed by atoms with van der Waals surface area (Å²) in [5.74, 6) is 0.333. The number of urea groups is 1. The van der Waals surface area contributed by atoms with Gasteiger partial charge in [0.15, 0.2) is 0 Å². The number of benzene rings is 3. The molecule has 1 aliphatic rings. The van der Waals surface area contributed by atoms with Crippen molar-refractivity contribution in [3.8, 4) is 11.5 Å². The van der Waals surface area contributed by atoms with Gasteiger partial charge in [-0.2, -0.15) is 0 Å². The summed E-state index contributed by atoms with van der Waals surface area (Å²) < 4.78 is 5.88. The number of fused-ring (bicyclic) bond motifs is 2. The molecule has 4 rings (SSSR count). The molecule has 0 fully saturated rings. The number of carbonyl (C=O) groups is 2. The summed E-state index contributed by atoms with van der Waals surface area (Å²) in [6.45, 7) is 0. The molecule has 0 unspecified atom stereocenters. The van der Waals surface area contributed by atoms with E-state index in [-0.39, 0.29) is 5.91 Å². The van der Waals surface area contributed by atoms with Crippen LogP contribution in [0.2, 0.25) is 0 Å². The van der Waals surface area contributed by atoms with Crippen molar-refractivity contribution < 1.29 is 14.3 Å². The van der Waals surface area contributed by atoms with Gasteiger partial charge < -0.3 is 10.1 Å². The Bertz CT molecular complexity index is 943. The molecule has 0 saturated heterocycles. The van der Waals surface area contributed by atoms with Gasteiger partial charge in [0.05, 0.1) is 5.92 Å². The Hall–Kier alpha value is -3.80. The number of anilines is 1. The van der Waals surface area contributed by atoms with E-state index < -0.39 is 11.9 Å². The fourth-order valence-electron chi connectivity index (χ4n) is 3.07. The average molecular weight is 359 g/mol. The molecule has 1 aliphatic heterocycles. The average Bonchev–Trinajstić information content (AvgIpc) is 2.71. The zero-order chi connectivity index (χ0) is 18.6. The standard InChI is InChI=1S/C21H17N3O3/c25-20(23-24-21(26)22-14-8-2-1-3-9-14)19-15-10-4-6-12-17(15)27-18-13-7-5-11-16(18)19/h1-13,19H,(H,23,25)(H2,22,24,26). The third-order valence-electron chi connectivity index (χ3n) is 4.27. The highest BCUT2D eigenvalue weighted by molar-refractivity contribution is 5.94. The van der Waals surface area contributed by atoms with Crippen LogP contribution in [0.1, 0.15) is 17.0 Å². The number of nitrogens with one attached hydrogen (secondary N) is 3. The molecule has 0 atom stereocenters. The number of ether oxygens (including phenoxy) is 1. The Kier molecular flexibility index (Phi) is 4.45. The molecule has 3 amide bonds. The van der Waals surface area contributed by atoms with Gasteiger partial charge in [-0.1, -0.05) is 54.6 Å². The summed E-state index contributed by atoms with van der Waals surface area (Å²) in [4.78, 5) is 24.9. The first-order chi connectivity index (χ1) is 13.2. The van der Waals surface area contributed by atoms with Gasteiger partial charge in [-0.3, -0.25) is 10.2 Å². The normalized spacial score (nSPS) is 12.1. The number of para-hydroxylation sites is 3. The van der Waals surface area contributed by atoms with Crippen LogP contribution in [0.15, 0.2) is 78.9 Å². The van der Waals surface area contributed by atoms with Crippen LogP contribution in [-0.2, 0) is 4.79 Å². The zero-order valence-corrected chi connectivity index (χ0v) is 14.3. The van der Waals surface area contributed by atoms with E-state index in [2.05, 4.69) is 16.2 Å². The topological polar surface area (TPSA) is 79.5 Å². The first-order valence-electron chi connectivity index (χ1n) is 8.50. The number of hydrogen-bond acceptors (Lipinski definition) is 3. The molecule has 0 aromatic heterocycles. The molecule has 3 N–H and O–H groups in total. The molecular weight excluding hydrogens is 342 g/mol. The number of hydrogen-bond donors (Lipinski definition) is 3. The van der Waals surface area contributed by atoms with Crippen molar-refractivity contribution in [3.05, 3.63) is 90.0 Å². The van der Waals surface area contributed by atoms with Gasteiger partial charge >= 0.3 is 6.03 Å². The number of amides is 3. The maximum atomic E-state index is 12.9. The molecule has 3 aromatic carbocycles. The second kappa shape index (κ2) is 7.21. The Labute approximate surface area is 156 Å². The monoisotopic (exact) mass is 359 g/mol. The molecule has 6 nitrogen and oxygen atoms in total. The number of hydrazine groups is 1. The van der Waals surface area contributed by atoms with Gasteiger partial charge in [0.1, 0.15) is 11.5 Å². The van der Waals surface area contributed by atoms with Gasteiger partial charge in [-0.25, -0.2) is 10.2 Å². The van der Waals surface area contributed by atoms with Crippen LogP contribution in [-0.4, -0.2) is 11.9 Å². The number of rotatable bonds is 2. The SMILES string of the molecule is O=C(NNC(=O)C1c2ccccc2Oc2ccccc21)Nc1ccccc1. The molecule has 3 aromatic rings. The van der Waals surface area contributed by atoms with Crippen molar-refractivity contribution in [3.63, 3.8) is 0 Å². The van der Waals surface area contributed by atoms with Crippen molar-refractivity contribution in [2.24, 2.45) is 0 Å². The van der Waals surface area contributed by atoms with Crippen LogP contribution in [0.4, 0.5) is 10.5 Å². The molecule has 0 saturated carbocycles. The predicted octanol–water partition coefficient (Wildman–Crippen LogP) is 3.78. The van der Waals surface area contributed by atoms with Crippen molar-refractivity contribution in [2.75, 3.05) is 5.32 Å². The second-order valence-electron chi connectivity index (χ2n) is 6.05. The van der Waals surface area contributed by atoms with Gasteiger partial charge in [0, 0.05) is 16.8 Å². The first kappa shape index (κ1) is 16.7. The highest BCUT2D eigenvalue weighted by Gasteiger charge is 2.32. The van der Waals surface area contributed by atoms with E-state index in [1.54, 1.807) is 12.1 Å². The second-order valence-corrected chi connectivity index (χ2v) is 6.05. The fourth-order valence-corrected chi connectivity index (χ4v) is 3.07. The van der Waals surface area contributed by atoms with E-state index in [0.717, 1.165) is 11.1 Å². The highest BCUT2D eigenvalue weighted by Crippen LogP contribution is 2.43. The summed E-state index contributed by atoms with van der Waals surface area (Å²) in [6.07, 6.45) is 0. The lowest BCUT2D eigenvalue weighted by atomic mass is 9.87. The lowest BCUT2D eigenvalue weighted by molar-refractivity contribution is -0.122. The van der Waals surface area contributed by atoms with E-state index in [1.807, 2.05) is 66.7 Å². The molecule has 6 heteroatoms. The molecular formula is C21H17N3O3. The van der Waals surface area contributed by atoms with E-state index in [1.165, 1.54) is 0 Å². The smallest absolute Gasteiger partial charge is 0.337 e. The largest absolute Gasteiger partial charge is 0.457 e. The zero-order valence-electron chi connectivity index (χ0n) is 14.3. The molecule has 1 heterocycles. The minimum Gasteiger partial charge on any atom is -0.457 e. The summed E-state index contributed by atoms with van der Waals surface area (Å²) in [5, 5.41) is 2.65. The molecule has 27 heavy (non-hydrogen) atoms. The van der Waals surface area contributed by atoms with Crippen LogP contribution in [0.3, 0.4) is 0 Å². The summed E-state index contributed by atoms with van der Waals surface area (Å²) in [5.41, 5.74) is 7.03. The number of carbonyl (C=O) groups excluding carboxylic acids is 2. The van der Waals surface area contributed by atoms with Crippen molar-refractivity contribution in [1.82, 2.24) is 10.9 Å². The Morgan fingerprint density at radius 3 is 1.89 bits per heavy atom. The highest BCUT2D eigenvalue weighted by atomic mass is 16.5. The molecule has 0 aliphatic carbocycles. The van der Waals surface area contributed by atoms with Crippen molar-refractivity contribution in [1.29, 1.82) is 0 Å². The summed E-state index contributed by atoms with van der Waals surface area (Å²) >= 11 is 0. The van der Waals surface area contributed by atoms with Gasteiger partial charge in [0.2, 0.25) is 0 Å². The van der Waals surface area contributed by atoms with E-state index in [0.29, 0.717) is 17.2 Å². The van der Waals surface area contributed by atoms with E-state index in [4.69, 9.17) is 4.74 Å². The molecule has 0 spiro atoms. The summed E-state index contributed by atoms with van der Waals surface area (Å²) in [6, 6.07) is 23.2. The Balaban J connectivity index is 1.51. The van der Waals surface area contributed by atoms with Crippen LogP contribution >= 0.6 is 0 Å². The lowest BCUT2D eigenvalue weighted by Gasteiger charge is -2.27. The van der Waals surface area contributed by atoms with Crippen LogP contribution in [0, 0.1) is 0 Å². The maximum Gasteiger partial charge on any atom is 0.337 e. The van der Waals surface area contributed by atoms with E-state index in [9.17, 15) is 9.59 Å². The summed E-state index contributed by atoms with van der Waals surface area (Å²) in [7, 11) is 0. The van der Waals surface area contributed by atoms with Crippen molar-refractivity contribution >= 4 is 17.6 Å². The van der Waals surface area contributed by atoms with Gasteiger partial charge in [-0.05, 0) is 24.3 Å². The predicted molar refractivity (Wildman–Crippen MR) is 102 cm³/mol. The lowest BCUT2D eigenvalue weighted by Crippen LogP contribution is -2.46. The third kappa shape index (κ3) is 3.46. The maximum absolute atomic E-state index is 12.9. The van der Waals surface area contributed by atoms with Crippen LogP contribution in [0.5, 0.6) is 11.5 Å². The molecule has 0 bridgehead atoms. The van der Waals surface area contributed by atoms with Crippen LogP contribution < -0.4 is 20.9 Å². The minimum atomic E-state index is -0.580. The van der Waals surface area contributed by atoms with Gasteiger partial charge in [-0.15, -0.1) is 0 Å². The fraction of sp³-hybridized carbons (Fsp3) is 0.0476. The van der Waals surface area contributed by atoms with Crippen molar-refractivity contribution in [2.45, 2.75) is 5.92 Å². The quantitative estimate of drug-likeness (QED) is 0.609. The molecule has 134 valence electrons. The van der Waals surface area contributed by atoms with Gasteiger partial charge in [0.25, 0.3) is 5.91 Å². The van der Waals surface area contributed by atoms with E-state index >= 15 is 0 Å². The molecule has 0 radical (unpaired) electrons.